The summed E-state index contributed by atoms with van der Waals surface area (Å²) >= 11 is 0. The first-order valence-electron chi connectivity index (χ1n) is 10.1. The van der Waals surface area contributed by atoms with Gasteiger partial charge >= 0.3 is 0 Å². The van der Waals surface area contributed by atoms with Crippen LogP contribution in [0.2, 0.25) is 0 Å². The summed E-state index contributed by atoms with van der Waals surface area (Å²) in [6, 6.07) is 3.33. The van der Waals surface area contributed by atoms with Gasteiger partial charge in [0.05, 0.1) is 34.4 Å². The zero-order chi connectivity index (χ0) is 21.2. The number of methoxy groups -OCH3 is 3. The van der Waals surface area contributed by atoms with Gasteiger partial charge in [0.1, 0.15) is 0 Å². The van der Waals surface area contributed by atoms with E-state index in [1.165, 1.54) is 53.4 Å². The Bertz CT molecular complexity index is 664. The number of hydrogen-bond donors (Lipinski definition) is 2. The highest BCUT2D eigenvalue weighted by molar-refractivity contribution is 5.93. The Labute approximate surface area is 172 Å². The summed E-state index contributed by atoms with van der Waals surface area (Å²) in [5, 5.41) is 2.84. The van der Waals surface area contributed by atoms with E-state index in [1.807, 2.05) is 4.90 Å². The summed E-state index contributed by atoms with van der Waals surface area (Å²) in [7, 11) is 4.55. The normalized spacial score (nSPS) is 14.5. The molecule has 1 aromatic carbocycles. The van der Waals surface area contributed by atoms with Gasteiger partial charge in [-0.2, -0.15) is 0 Å². The molecule has 2 rings (SSSR count). The first kappa shape index (κ1) is 22.8. The monoisotopic (exact) mass is 407 g/mol. The van der Waals surface area contributed by atoms with Crippen LogP contribution in [0.4, 0.5) is 5.69 Å². The number of nitrogens with two attached hydrogens (primary N) is 1. The van der Waals surface area contributed by atoms with Crippen molar-refractivity contribution in [3.05, 3.63) is 12.1 Å². The van der Waals surface area contributed by atoms with Crippen molar-refractivity contribution in [2.24, 2.45) is 11.7 Å². The van der Waals surface area contributed by atoms with Gasteiger partial charge in [-0.05, 0) is 18.9 Å². The van der Waals surface area contributed by atoms with Crippen molar-refractivity contribution in [2.45, 2.75) is 38.5 Å². The quantitative estimate of drug-likeness (QED) is 0.584. The second-order valence-corrected chi connectivity index (χ2v) is 7.43. The van der Waals surface area contributed by atoms with E-state index < -0.39 is 5.91 Å². The van der Waals surface area contributed by atoms with Gasteiger partial charge in [-0.3, -0.25) is 14.5 Å². The maximum atomic E-state index is 12.6. The Morgan fingerprint density at radius 2 is 1.66 bits per heavy atom. The van der Waals surface area contributed by atoms with Gasteiger partial charge in [-0.15, -0.1) is 0 Å². The summed E-state index contributed by atoms with van der Waals surface area (Å²) in [5.74, 6) is 1.36. The van der Waals surface area contributed by atoms with Gasteiger partial charge in [0.15, 0.2) is 11.5 Å². The van der Waals surface area contributed by atoms with Crippen LogP contribution in [0.25, 0.3) is 0 Å². The predicted molar refractivity (Wildman–Crippen MR) is 112 cm³/mol. The summed E-state index contributed by atoms with van der Waals surface area (Å²) in [6.07, 6.45) is 7.26. The Morgan fingerprint density at radius 3 is 2.17 bits per heavy atom. The molecule has 0 bridgehead atoms. The molecule has 1 aliphatic rings. The van der Waals surface area contributed by atoms with E-state index in [4.69, 9.17) is 19.9 Å². The van der Waals surface area contributed by atoms with Crippen LogP contribution >= 0.6 is 0 Å². The van der Waals surface area contributed by atoms with Crippen molar-refractivity contribution in [1.29, 1.82) is 0 Å². The highest BCUT2D eigenvalue weighted by Crippen LogP contribution is 2.39. The van der Waals surface area contributed by atoms with Crippen LogP contribution in [-0.4, -0.2) is 57.7 Å². The molecule has 0 heterocycles. The zero-order valence-corrected chi connectivity index (χ0v) is 17.7. The molecule has 0 unspecified atom stereocenters. The standard InChI is InChI=1S/C21H33N3O5/c1-27-17-11-16(12-18(28-2)21(17)29-3)23-20(26)14-24(13-19(22)25)10-9-15-7-5-4-6-8-15/h11-12,15H,4-10,13-14H2,1-3H3,(H2,22,25)(H,23,26). The van der Waals surface area contributed by atoms with E-state index >= 15 is 0 Å². The molecule has 0 atom stereocenters. The van der Waals surface area contributed by atoms with Crippen LogP contribution in [0.15, 0.2) is 12.1 Å². The highest BCUT2D eigenvalue weighted by Gasteiger charge is 2.19. The molecule has 2 amide bonds. The highest BCUT2D eigenvalue weighted by atomic mass is 16.5. The van der Waals surface area contributed by atoms with E-state index in [-0.39, 0.29) is 19.0 Å². The van der Waals surface area contributed by atoms with Crippen molar-refractivity contribution in [1.82, 2.24) is 4.90 Å². The molecule has 3 N–H and O–H groups in total. The van der Waals surface area contributed by atoms with E-state index in [1.54, 1.807) is 12.1 Å². The fourth-order valence-electron chi connectivity index (χ4n) is 3.83. The minimum atomic E-state index is -0.436. The number of nitrogens with zero attached hydrogens (tertiary/aromatic N) is 1. The van der Waals surface area contributed by atoms with Crippen molar-refractivity contribution in [3.63, 3.8) is 0 Å². The lowest BCUT2D eigenvalue weighted by atomic mass is 9.87. The largest absolute Gasteiger partial charge is 0.493 e. The summed E-state index contributed by atoms with van der Waals surface area (Å²) in [5.41, 5.74) is 5.90. The molecule has 0 aromatic heterocycles. The molecule has 29 heavy (non-hydrogen) atoms. The fraction of sp³-hybridized carbons (Fsp3) is 0.619. The predicted octanol–water partition coefficient (Wildman–Crippen LogP) is 2.41. The molecule has 1 aliphatic carbocycles. The third-order valence-electron chi connectivity index (χ3n) is 5.27. The SMILES string of the molecule is COc1cc(NC(=O)CN(CCC2CCCCC2)CC(N)=O)cc(OC)c1OC. The van der Waals surface area contributed by atoms with Gasteiger partial charge in [0.2, 0.25) is 17.6 Å². The van der Waals surface area contributed by atoms with E-state index in [0.717, 1.165) is 6.42 Å². The number of carbonyl (C=O) groups is 2. The number of carbonyl (C=O) groups excluding carboxylic acids is 2. The minimum absolute atomic E-state index is 0.0649. The molecule has 0 radical (unpaired) electrons. The first-order valence-corrected chi connectivity index (χ1v) is 10.1. The number of ether oxygens (including phenoxy) is 3. The summed E-state index contributed by atoms with van der Waals surface area (Å²) in [6.45, 7) is 0.831. The molecular weight excluding hydrogens is 374 g/mol. The van der Waals surface area contributed by atoms with Crippen molar-refractivity contribution in [2.75, 3.05) is 46.3 Å². The third kappa shape index (κ3) is 7.12. The third-order valence-corrected chi connectivity index (χ3v) is 5.27. The number of benzene rings is 1. The van der Waals surface area contributed by atoms with Crippen LogP contribution in [-0.2, 0) is 9.59 Å². The van der Waals surface area contributed by atoms with Gasteiger partial charge in [-0.25, -0.2) is 0 Å². The van der Waals surface area contributed by atoms with Gasteiger partial charge in [-0.1, -0.05) is 32.1 Å². The van der Waals surface area contributed by atoms with E-state index in [2.05, 4.69) is 5.32 Å². The first-order chi connectivity index (χ1) is 14.0. The Morgan fingerprint density at radius 1 is 1.03 bits per heavy atom. The lowest BCUT2D eigenvalue weighted by molar-refractivity contribution is -0.121. The maximum Gasteiger partial charge on any atom is 0.238 e. The average molecular weight is 408 g/mol. The molecule has 0 spiro atoms. The maximum absolute atomic E-state index is 12.6. The molecule has 162 valence electrons. The molecule has 1 fully saturated rings. The Kier molecular flexibility index (Phi) is 9.05. The Balaban J connectivity index is 2.00. The van der Waals surface area contributed by atoms with Crippen LogP contribution in [0.1, 0.15) is 38.5 Å². The number of hydrogen-bond acceptors (Lipinski definition) is 6. The Hall–Kier alpha value is -2.48. The molecule has 8 heteroatoms. The number of amides is 2. The van der Waals surface area contributed by atoms with Crippen molar-refractivity contribution >= 4 is 17.5 Å². The fourth-order valence-corrected chi connectivity index (χ4v) is 3.83. The number of rotatable bonds is 11. The van der Waals surface area contributed by atoms with E-state index in [0.29, 0.717) is 35.4 Å². The molecule has 1 saturated carbocycles. The van der Waals surface area contributed by atoms with Gasteiger partial charge < -0.3 is 25.3 Å². The molecule has 0 aliphatic heterocycles. The summed E-state index contributed by atoms with van der Waals surface area (Å²) < 4.78 is 15.9. The van der Waals surface area contributed by atoms with Gasteiger partial charge in [0.25, 0.3) is 0 Å². The van der Waals surface area contributed by atoms with Crippen LogP contribution in [0.3, 0.4) is 0 Å². The average Bonchev–Trinajstić information content (AvgIpc) is 2.71. The van der Waals surface area contributed by atoms with E-state index in [9.17, 15) is 9.59 Å². The molecule has 0 saturated heterocycles. The molecule has 1 aromatic rings. The van der Waals surface area contributed by atoms with Crippen molar-refractivity contribution < 1.29 is 23.8 Å². The zero-order valence-electron chi connectivity index (χ0n) is 17.7. The van der Waals surface area contributed by atoms with Gasteiger partial charge in [0, 0.05) is 17.8 Å². The smallest absolute Gasteiger partial charge is 0.238 e. The van der Waals surface area contributed by atoms with Crippen LogP contribution in [0.5, 0.6) is 17.2 Å². The topological polar surface area (TPSA) is 103 Å². The second kappa shape index (κ2) is 11.5. The van der Waals surface area contributed by atoms with Crippen molar-refractivity contribution in [3.8, 4) is 17.2 Å². The summed E-state index contributed by atoms with van der Waals surface area (Å²) in [4.78, 5) is 25.8. The molecular formula is C21H33N3O5. The lowest BCUT2D eigenvalue weighted by Crippen LogP contribution is -2.40. The number of primary amides is 1. The molecule has 8 nitrogen and oxygen atoms in total. The number of nitrogens with one attached hydrogen (secondary N) is 1. The van der Waals surface area contributed by atoms with Crippen LogP contribution in [0, 0.1) is 5.92 Å². The number of anilines is 1. The lowest BCUT2D eigenvalue weighted by Gasteiger charge is -2.26. The minimum Gasteiger partial charge on any atom is -0.493 e. The second-order valence-electron chi connectivity index (χ2n) is 7.43. The van der Waals surface area contributed by atoms with Crippen LogP contribution < -0.4 is 25.3 Å².